The predicted octanol–water partition coefficient (Wildman–Crippen LogP) is 1.92. The first-order valence-electron chi connectivity index (χ1n) is 8.59. The lowest BCUT2D eigenvalue weighted by molar-refractivity contribution is -0.138. The van der Waals surface area contributed by atoms with Crippen LogP contribution in [0.1, 0.15) is 39.2 Å². The molecular formula is C18H28N2O5S. The summed E-state index contributed by atoms with van der Waals surface area (Å²) in [7, 11) is -3.83. The van der Waals surface area contributed by atoms with Gasteiger partial charge in [0.1, 0.15) is 6.04 Å². The van der Waals surface area contributed by atoms with Crippen molar-refractivity contribution in [3.8, 4) is 0 Å². The first-order chi connectivity index (χ1) is 12.0. The third-order valence-electron chi connectivity index (χ3n) is 3.80. The number of carbonyl (C=O) groups excluding carboxylic acids is 1. The summed E-state index contributed by atoms with van der Waals surface area (Å²) in [6.45, 7) is 7.53. The van der Waals surface area contributed by atoms with Crippen molar-refractivity contribution in [2.45, 2.75) is 51.5 Å². The molecular weight excluding hydrogens is 356 g/mol. The number of carboxylic acid groups (broad SMARTS) is 1. The molecule has 0 heterocycles. The Labute approximate surface area is 155 Å². The highest BCUT2D eigenvalue weighted by atomic mass is 32.2. The first-order valence-corrected chi connectivity index (χ1v) is 10.1. The van der Waals surface area contributed by atoms with Crippen LogP contribution in [-0.4, -0.2) is 38.0 Å². The zero-order valence-corrected chi connectivity index (χ0v) is 16.5. The monoisotopic (exact) mass is 384 g/mol. The molecule has 0 saturated heterocycles. The maximum absolute atomic E-state index is 12.6. The predicted molar refractivity (Wildman–Crippen MR) is 99.2 cm³/mol. The summed E-state index contributed by atoms with van der Waals surface area (Å²) in [5.41, 5.74) is 0.938. The van der Waals surface area contributed by atoms with Gasteiger partial charge in [-0.05, 0) is 37.3 Å². The van der Waals surface area contributed by atoms with Crippen molar-refractivity contribution in [1.29, 1.82) is 0 Å². The first kappa shape index (κ1) is 22.1. The minimum Gasteiger partial charge on any atom is -0.481 e. The summed E-state index contributed by atoms with van der Waals surface area (Å²) in [6.07, 6.45) is 0.272. The number of rotatable bonds is 10. The molecule has 0 bridgehead atoms. The maximum atomic E-state index is 12.6. The minimum atomic E-state index is -3.83. The van der Waals surface area contributed by atoms with Gasteiger partial charge in [-0.1, -0.05) is 38.5 Å². The number of nitrogens with one attached hydrogen (secondary N) is 2. The molecule has 1 aromatic rings. The average molecular weight is 384 g/mol. The number of benzene rings is 1. The summed E-state index contributed by atoms with van der Waals surface area (Å²) in [4.78, 5) is 23.2. The average Bonchev–Trinajstić information content (AvgIpc) is 2.51. The fourth-order valence-electron chi connectivity index (χ4n) is 2.42. The minimum absolute atomic E-state index is 0.0653. The summed E-state index contributed by atoms with van der Waals surface area (Å²) in [6, 6.07) is 5.46. The van der Waals surface area contributed by atoms with Gasteiger partial charge in [0, 0.05) is 13.0 Å². The van der Waals surface area contributed by atoms with E-state index < -0.39 is 27.9 Å². The zero-order chi connectivity index (χ0) is 19.9. The molecule has 0 radical (unpaired) electrons. The van der Waals surface area contributed by atoms with E-state index in [2.05, 4.69) is 10.0 Å². The molecule has 0 aromatic heterocycles. The highest BCUT2D eigenvalue weighted by molar-refractivity contribution is 7.89. The fraction of sp³-hybridized carbons (Fsp3) is 0.556. The standard InChI is InChI=1S/C18H28N2O5S/c1-12(2)9-16(18(23)19-11-14(4)10-17(21)22)20-26(24,25)15-7-5-13(3)6-8-15/h5-8,12,14,16,20H,9-11H2,1-4H3,(H,19,23)(H,21,22). The van der Waals surface area contributed by atoms with Gasteiger partial charge in [-0.2, -0.15) is 4.72 Å². The third-order valence-corrected chi connectivity index (χ3v) is 5.29. The second kappa shape index (κ2) is 9.68. The van der Waals surface area contributed by atoms with Crippen molar-refractivity contribution in [2.75, 3.05) is 6.54 Å². The van der Waals surface area contributed by atoms with Gasteiger partial charge in [-0.25, -0.2) is 8.42 Å². The molecule has 2 unspecified atom stereocenters. The Bertz CT molecular complexity index is 714. The molecule has 0 spiro atoms. The smallest absolute Gasteiger partial charge is 0.303 e. The van der Waals surface area contributed by atoms with Crippen LogP contribution in [0.4, 0.5) is 0 Å². The summed E-state index contributed by atoms with van der Waals surface area (Å²) < 4.78 is 27.6. The fourth-order valence-corrected chi connectivity index (χ4v) is 3.63. The molecule has 0 aliphatic carbocycles. The van der Waals surface area contributed by atoms with Gasteiger partial charge in [0.15, 0.2) is 0 Å². The second-order valence-corrected chi connectivity index (χ2v) is 8.78. The van der Waals surface area contributed by atoms with E-state index >= 15 is 0 Å². The molecule has 1 amide bonds. The number of hydrogen-bond acceptors (Lipinski definition) is 4. The van der Waals surface area contributed by atoms with E-state index in [0.29, 0.717) is 6.42 Å². The zero-order valence-electron chi connectivity index (χ0n) is 15.7. The van der Waals surface area contributed by atoms with Crippen LogP contribution in [-0.2, 0) is 19.6 Å². The van der Waals surface area contributed by atoms with Gasteiger partial charge >= 0.3 is 5.97 Å². The lowest BCUT2D eigenvalue weighted by Crippen LogP contribution is -2.48. The van der Waals surface area contributed by atoms with Gasteiger partial charge in [-0.3, -0.25) is 9.59 Å². The number of hydrogen-bond donors (Lipinski definition) is 3. The second-order valence-electron chi connectivity index (χ2n) is 7.06. The Kier molecular flexibility index (Phi) is 8.23. The molecule has 1 rings (SSSR count). The van der Waals surface area contributed by atoms with Gasteiger partial charge in [0.2, 0.25) is 15.9 Å². The van der Waals surface area contributed by atoms with E-state index in [1.54, 1.807) is 19.1 Å². The van der Waals surface area contributed by atoms with E-state index in [1.807, 2.05) is 20.8 Å². The van der Waals surface area contributed by atoms with Crippen molar-refractivity contribution >= 4 is 21.9 Å². The van der Waals surface area contributed by atoms with Crippen LogP contribution in [0.15, 0.2) is 29.2 Å². The van der Waals surface area contributed by atoms with Crippen molar-refractivity contribution in [1.82, 2.24) is 10.0 Å². The molecule has 1 aromatic carbocycles. The van der Waals surface area contributed by atoms with Crippen LogP contribution < -0.4 is 10.0 Å². The quantitative estimate of drug-likeness (QED) is 0.570. The molecule has 7 nitrogen and oxygen atoms in total. The molecule has 2 atom stereocenters. The maximum Gasteiger partial charge on any atom is 0.303 e. The van der Waals surface area contributed by atoms with E-state index in [4.69, 9.17) is 5.11 Å². The van der Waals surface area contributed by atoms with Crippen molar-refractivity contribution < 1.29 is 23.1 Å². The molecule has 26 heavy (non-hydrogen) atoms. The Hall–Kier alpha value is -1.93. The van der Waals surface area contributed by atoms with Crippen LogP contribution in [0.25, 0.3) is 0 Å². The number of aliphatic carboxylic acids is 1. The summed E-state index contributed by atoms with van der Waals surface area (Å²) in [5, 5.41) is 11.4. The third kappa shape index (κ3) is 7.53. The van der Waals surface area contributed by atoms with Gasteiger partial charge in [0.25, 0.3) is 0 Å². The number of carbonyl (C=O) groups is 2. The van der Waals surface area contributed by atoms with Crippen LogP contribution in [0, 0.1) is 18.8 Å². The largest absolute Gasteiger partial charge is 0.481 e. The highest BCUT2D eigenvalue weighted by Gasteiger charge is 2.26. The Morgan fingerprint density at radius 2 is 1.69 bits per heavy atom. The van der Waals surface area contributed by atoms with E-state index in [9.17, 15) is 18.0 Å². The van der Waals surface area contributed by atoms with Crippen molar-refractivity contribution in [2.24, 2.45) is 11.8 Å². The van der Waals surface area contributed by atoms with Crippen LogP contribution in [0.2, 0.25) is 0 Å². The molecule has 146 valence electrons. The lowest BCUT2D eigenvalue weighted by atomic mass is 10.0. The Morgan fingerprint density at radius 3 is 2.19 bits per heavy atom. The molecule has 3 N–H and O–H groups in total. The van der Waals surface area contributed by atoms with Gasteiger partial charge in [0.05, 0.1) is 4.90 Å². The van der Waals surface area contributed by atoms with Crippen molar-refractivity contribution in [3.63, 3.8) is 0 Å². The van der Waals surface area contributed by atoms with E-state index in [-0.39, 0.29) is 29.7 Å². The van der Waals surface area contributed by atoms with Crippen LogP contribution in [0.3, 0.4) is 0 Å². The molecule has 0 aliphatic heterocycles. The SMILES string of the molecule is Cc1ccc(S(=O)(=O)NC(CC(C)C)C(=O)NCC(C)CC(=O)O)cc1. The number of aryl methyl sites for hydroxylation is 1. The number of sulfonamides is 1. The Morgan fingerprint density at radius 1 is 1.12 bits per heavy atom. The molecule has 8 heteroatoms. The van der Waals surface area contributed by atoms with Crippen molar-refractivity contribution in [3.05, 3.63) is 29.8 Å². The number of carboxylic acids is 1. The van der Waals surface area contributed by atoms with Crippen LogP contribution >= 0.6 is 0 Å². The van der Waals surface area contributed by atoms with E-state index in [0.717, 1.165) is 5.56 Å². The van der Waals surface area contributed by atoms with Gasteiger partial charge in [-0.15, -0.1) is 0 Å². The Balaban J connectivity index is 2.83. The van der Waals surface area contributed by atoms with E-state index in [1.165, 1.54) is 12.1 Å². The summed E-state index contributed by atoms with van der Waals surface area (Å²) in [5.74, 6) is -1.54. The molecule has 0 saturated carbocycles. The van der Waals surface area contributed by atoms with Gasteiger partial charge < -0.3 is 10.4 Å². The highest BCUT2D eigenvalue weighted by Crippen LogP contribution is 2.13. The topological polar surface area (TPSA) is 113 Å². The summed E-state index contributed by atoms with van der Waals surface area (Å²) >= 11 is 0. The van der Waals surface area contributed by atoms with Crippen LogP contribution in [0.5, 0.6) is 0 Å². The number of amides is 1. The normalized spacial score (nSPS) is 14.0. The lowest BCUT2D eigenvalue weighted by Gasteiger charge is -2.21. The molecule has 0 fully saturated rings. The molecule has 0 aliphatic rings.